The summed E-state index contributed by atoms with van der Waals surface area (Å²) in [5.74, 6) is -0.371. The smallest absolute Gasteiger partial charge is 0.229 e. The first kappa shape index (κ1) is 19.8. The SMILES string of the molecule is COc1ccc(Cl)cc1N1CC(C(=O)Nc2ccc(C)c(-n3cnnn3)c2)CC1=O. The highest BCUT2D eigenvalue weighted by atomic mass is 35.5. The van der Waals surface area contributed by atoms with E-state index in [0.29, 0.717) is 22.1 Å². The van der Waals surface area contributed by atoms with Gasteiger partial charge in [0.05, 0.1) is 24.4 Å². The van der Waals surface area contributed by atoms with Gasteiger partial charge < -0.3 is 15.0 Å². The Morgan fingerprint density at radius 1 is 1.23 bits per heavy atom. The lowest BCUT2D eigenvalue weighted by Crippen LogP contribution is -2.28. The predicted molar refractivity (Wildman–Crippen MR) is 111 cm³/mol. The summed E-state index contributed by atoms with van der Waals surface area (Å²) >= 11 is 6.09. The summed E-state index contributed by atoms with van der Waals surface area (Å²) in [5.41, 5.74) is 2.87. The van der Waals surface area contributed by atoms with Crippen LogP contribution in [0.15, 0.2) is 42.7 Å². The first-order valence-corrected chi connectivity index (χ1v) is 9.63. The van der Waals surface area contributed by atoms with Crippen molar-refractivity contribution in [1.29, 1.82) is 0 Å². The number of anilines is 2. The molecule has 0 bridgehead atoms. The lowest BCUT2D eigenvalue weighted by Gasteiger charge is -2.20. The third kappa shape index (κ3) is 3.84. The molecule has 3 aromatic rings. The average Bonchev–Trinajstić information content (AvgIpc) is 3.39. The molecule has 1 saturated heterocycles. The van der Waals surface area contributed by atoms with E-state index in [-0.39, 0.29) is 24.8 Å². The number of benzene rings is 2. The minimum absolute atomic E-state index is 0.104. The van der Waals surface area contributed by atoms with E-state index in [2.05, 4.69) is 20.8 Å². The minimum Gasteiger partial charge on any atom is -0.495 e. The van der Waals surface area contributed by atoms with Crippen molar-refractivity contribution in [3.63, 3.8) is 0 Å². The fourth-order valence-corrected chi connectivity index (χ4v) is 3.61. The van der Waals surface area contributed by atoms with Gasteiger partial charge in [-0.1, -0.05) is 17.7 Å². The van der Waals surface area contributed by atoms with E-state index >= 15 is 0 Å². The maximum Gasteiger partial charge on any atom is 0.229 e. The number of tetrazole rings is 1. The van der Waals surface area contributed by atoms with E-state index in [9.17, 15) is 9.59 Å². The molecule has 0 spiro atoms. The Balaban J connectivity index is 1.51. The number of rotatable bonds is 5. The lowest BCUT2D eigenvalue weighted by atomic mass is 10.1. The second-order valence-corrected chi connectivity index (χ2v) is 7.40. The predicted octanol–water partition coefficient (Wildman–Crippen LogP) is 2.62. The van der Waals surface area contributed by atoms with Crippen LogP contribution in [0.1, 0.15) is 12.0 Å². The first-order chi connectivity index (χ1) is 14.5. The molecule has 0 radical (unpaired) electrons. The van der Waals surface area contributed by atoms with Crippen LogP contribution in [0.3, 0.4) is 0 Å². The number of aryl methyl sites for hydroxylation is 1. The van der Waals surface area contributed by atoms with Crippen molar-refractivity contribution >= 4 is 34.8 Å². The van der Waals surface area contributed by atoms with E-state index < -0.39 is 5.92 Å². The molecule has 0 aliphatic carbocycles. The van der Waals surface area contributed by atoms with Gasteiger partial charge in [-0.05, 0) is 53.2 Å². The second kappa shape index (κ2) is 8.11. The summed E-state index contributed by atoms with van der Waals surface area (Å²) < 4.78 is 6.87. The number of aromatic nitrogens is 4. The molecule has 1 atom stereocenters. The van der Waals surface area contributed by atoms with E-state index in [1.54, 1.807) is 30.3 Å². The molecule has 30 heavy (non-hydrogen) atoms. The topological polar surface area (TPSA) is 102 Å². The van der Waals surface area contributed by atoms with Crippen LogP contribution >= 0.6 is 11.6 Å². The summed E-state index contributed by atoms with van der Waals surface area (Å²) in [6, 6.07) is 10.5. The van der Waals surface area contributed by atoms with Crippen molar-refractivity contribution < 1.29 is 14.3 Å². The number of hydrogen-bond acceptors (Lipinski definition) is 6. The molecule has 1 aliphatic rings. The van der Waals surface area contributed by atoms with Crippen LogP contribution in [0.25, 0.3) is 5.69 Å². The molecule has 2 amide bonds. The molecule has 154 valence electrons. The Kier molecular flexibility index (Phi) is 5.37. The Morgan fingerprint density at radius 3 is 2.80 bits per heavy atom. The highest BCUT2D eigenvalue weighted by Crippen LogP contribution is 2.35. The van der Waals surface area contributed by atoms with E-state index in [4.69, 9.17) is 16.3 Å². The average molecular weight is 427 g/mol. The Hall–Kier alpha value is -3.46. The van der Waals surface area contributed by atoms with E-state index in [0.717, 1.165) is 11.3 Å². The zero-order valence-electron chi connectivity index (χ0n) is 16.4. The third-order valence-corrected chi connectivity index (χ3v) is 5.24. The summed E-state index contributed by atoms with van der Waals surface area (Å²) in [6.45, 7) is 2.17. The number of nitrogens with zero attached hydrogens (tertiary/aromatic N) is 5. The van der Waals surface area contributed by atoms with Crippen LogP contribution < -0.4 is 15.0 Å². The number of carbonyl (C=O) groups is 2. The largest absolute Gasteiger partial charge is 0.495 e. The monoisotopic (exact) mass is 426 g/mol. The Bertz CT molecular complexity index is 1100. The molecule has 9 nitrogen and oxygen atoms in total. The van der Waals surface area contributed by atoms with Crippen LogP contribution in [0.4, 0.5) is 11.4 Å². The number of methoxy groups -OCH3 is 1. The number of halogens is 1. The fraction of sp³-hybridized carbons (Fsp3) is 0.250. The van der Waals surface area contributed by atoms with Gasteiger partial charge in [0.2, 0.25) is 11.8 Å². The van der Waals surface area contributed by atoms with Crippen molar-refractivity contribution in [2.24, 2.45) is 5.92 Å². The maximum atomic E-state index is 12.8. The zero-order chi connectivity index (χ0) is 21.3. The summed E-state index contributed by atoms with van der Waals surface area (Å²) in [7, 11) is 1.52. The third-order valence-electron chi connectivity index (χ3n) is 5.00. The molecule has 2 heterocycles. The van der Waals surface area contributed by atoms with Crippen LogP contribution in [-0.4, -0.2) is 45.7 Å². The lowest BCUT2D eigenvalue weighted by molar-refractivity contribution is -0.122. The van der Waals surface area contributed by atoms with Crippen molar-refractivity contribution in [1.82, 2.24) is 20.2 Å². The van der Waals surface area contributed by atoms with E-state index in [1.165, 1.54) is 23.0 Å². The molecule has 2 aromatic carbocycles. The molecule has 1 unspecified atom stereocenters. The van der Waals surface area contributed by atoms with Gasteiger partial charge in [-0.15, -0.1) is 5.10 Å². The summed E-state index contributed by atoms with van der Waals surface area (Å²) in [6.07, 6.45) is 1.59. The maximum absolute atomic E-state index is 12.8. The minimum atomic E-state index is -0.501. The van der Waals surface area contributed by atoms with Gasteiger partial charge in [0, 0.05) is 23.7 Å². The van der Waals surface area contributed by atoms with Crippen LogP contribution in [0, 0.1) is 12.8 Å². The summed E-state index contributed by atoms with van der Waals surface area (Å²) in [5, 5.41) is 14.5. The molecule has 1 N–H and O–H groups in total. The molecule has 1 fully saturated rings. The number of nitrogens with one attached hydrogen (secondary N) is 1. The van der Waals surface area contributed by atoms with E-state index in [1.807, 2.05) is 13.0 Å². The Morgan fingerprint density at radius 2 is 2.07 bits per heavy atom. The molecular formula is C20H19ClN6O3. The fourth-order valence-electron chi connectivity index (χ4n) is 3.44. The molecule has 4 rings (SSSR count). The number of carbonyl (C=O) groups excluding carboxylic acids is 2. The molecule has 1 aromatic heterocycles. The second-order valence-electron chi connectivity index (χ2n) is 6.97. The number of hydrogen-bond donors (Lipinski definition) is 1. The first-order valence-electron chi connectivity index (χ1n) is 9.25. The van der Waals surface area contributed by atoms with Gasteiger partial charge in [0.25, 0.3) is 0 Å². The standard InChI is InChI=1S/C20H19ClN6O3/c1-12-3-5-15(9-16(12)27-11-22-24-25-27)23-20(29)13-7-19(28)26(10-13)17-8-14(21)4-6-18(17)30-2/h3-6,8-9,11,13H,7,10H2,1-2H3,(H,23,29). The van der Waals surface area contributed by atoms with Gasteiger partial charge in [0.1, 0.15) is 12.1 Å². The van der Waals surface area contributed by atoms with Crippen molar-refractivity contribution in [2.45, 2.75) is 13.3 Å². The normalized spacial score (nSPS) is 16.0. The van der Waals surface area contributed by atoms with Gasteiger partial charge >= 0.3 is 0 Å². The van der Waals surface area contributed by atoms with Gasteiger partial charge in [-0.2, -0.15) is 0 Å². The van der Waals surface area contributed by atoms with Crippen LogP contribution in [0.5, 0.6) is 5.75 Å². The van der Waals surface area contributed by atoms with Crippen molar-refractivity contribution in [3.8, 4) is 11.4 Å². The Labute approximate surface area is 177 Å². The van der Waals surface area contributed by atoms with Crippen molar-refractivity contribution in [3.05, 3.63) is 53.3 Å². The number of amides is 2. The summed E-state index contributed by atoms with van der Waals surface area (Å²) in [4.78, 5) is 27.0. The zero-order valence-corrected chi connectivity index (χ0v) is 17.1. The van der Waals surface area contributed by atoms with Crippen LogP contribution in [-0.2, 0) is 9.59 Å². The van der Waals surface area contributed by atoms with Gasteiger partial charge in [-0.3, -0.25) is 9.59 Å². The van der Waals surface area contributed by atoms with Crippen molar-refractivity contribution in [2.75, 3.05) is 23.9 Å². The van der Waals surface area contributed by atoms with Gasteiger partial charge in [-0.25, -0.2) is 4.68 Å². The highest BCUT2D eigenvalue weighted by molar-refractivity contribution is 6.31. The number of ether oxygens (including phenoxy) is 1. The molecule has 1 aliphatic heterocycles. The quantitative estimate of drug-likeness (QED) is 0.672. The molecule has 10 heteroatoms. The molecular weight excluding hydrogens is 408 g/mol. The molecule has 0 saturated carbocycles. The van der Waals surface area contributed by atoms with Crippen LogP contribution in [0.2, 0.25) is 5.02 Å². The highest BCUT2D eigenvalue weighted by Gasteiger charge is 2.36. The van der Waals surface area contributed by atoms with Gasteiger partial charge in [0.15, 0.2) is 0 Å².